The lowest BCUT2D eigenvalue weighted by Gasteiger charge is -2.15. The van der Waals surface area contributed by atoms with Gasteiger partial charge in [-0.25, -0.2) is 26.7 Å². The van der Waals surface area contributed by atoms with Gasteiger partial charge in [-0.3, -0.25) is 0 Å². The number of benzene rings is 3. The fraction of sp³-hybridized carbons (Fsp3) is 0.321. The minimum Gasteiger partial charge on any atom is -0.475 e. The summed E-state index contributed by atoms with van der Waals surface area (Å²) < 4.78 is 87.3. The Hall–Kier alpha value is -3.39. The molecule has 3 aromatic rings. The van der Waals surface area contributed by atoms with Crippen LogP contribution in [0.1, 0.15) is 24.0 Å². The van der Waals surface area contributed by atoms with Gasteiger partial charge in [0, 0.05) is 26.2 Å². The van der Waals surface area contributed by atoms with Crippen molar-refractivity contribution in [2.75, 3.05) is 26.2 Å². The van der Waals surface area contributed by atoms with Crippen LogP contribution >= 0.6 is 0 Å². The van der Waals surface area contributed by atoms with Gasteiger partial charge in [-0.1, -0.05) is 36.4 Å². The highest BCUT2D eigenvalue weighted by molar-refractivity contribution is 7.89. The van der Waals surface area contributed by atoms with E-state index < -0.39 is 28.0 Å². The third-order valence-corrected chi connectivity index (χ3v) is 7.71. The molecule has 0 aliphatic carbocycles. The molecule has 13 heteroatoms. The smallest absolute Gasteiger partial charge is 0.475 e. The van der Waals surface area contributed by atoms with E-state index in [-0.39, 0.29) is 17.3 Å². The van der Waals surface area contributed by atoms with Crippen molar-refractivity contribution >= 4 is 16.0 Å². The number of hydrogen-bond donors (Lipinski definition) is 3. The summed E-state index contributed by atoms with van der Waals surface area (Å²) in [6.07, 6.45) is -2.82. The molecule has 0 bridgehead atoms. The molecule has 7 nitrogen and oxygen atoms in total. The zero-order valence-electron chi connectivity index (χ0n) is 21.9. The van der Waals surface area contributed by atoms with Crippen LogP contribution < -0.4 is 10.0 Å². The molecule has 4 rings (SSSR count). The zero-order valence-corrected chi connectivity index (χ0v) is 22.7. The highest BCUT2D eigenvalue weighted by Crippen LogP contribution is 2.25. The van der Waals surface area contributed by atoms with Gasteiger partial charge in [0.25, 0.3) is 0 Å². The minimum absolute atomic E-state index is 0.260. The molecule has 0 amide bonds. The van der Waals surface area contributed by atoms with Gasteiger partial charge < -0.3 is 15.3 Å². The van der Waals surface area contributed by atoms with Crippen molar-refractivity contribution in [1.82, 2.24) is 14.9 Å². The van der Waals surface area contributed by atoms with Crippen molar-refractivity contribution in [3.05, 3.63) is 89.5 Å². The Kier molecular flexibility index (Phi) is 11.4. The molecule has 0 unspecified atom stereocenters. The lowest BCUT2D eigenvalue weighted by atomic mass is 10.0. The van der Waals surface area contributed by atoms with Crippen LogP contribution in [0.4, 0.5) is 22.0 Å². The first kappa shape index (κ1) is 32.1. The monoisotopic (exact) mass is 599 g/mol. The first-order valence-electron chi connectivity index (χ1n) is 12.7. The predicted molar refractivity (Wildman–Crippen MR) is 143 cm³/mol. The van der Waals surface area contributed by atoms with Crippen LogP contribution in [0.5, 0.6) is 0 Å². The number of aliphatic carboxylic acids is 1. The van der Waals surface area contributed by atoms with E-state index in [4.69, 9.17) is 9.90 Å². The second-order valence-corrected chi connectivity index (χ2v) is 11.1. The molecule has 41 heavy (non-hydrogen) atoms. The van der Waals surface area contributed by atoms with Gasteiger partial charge in [-0.2, -0.15) is 13.2 Å². The van der Waals surface area contributed by atoms with Gasteiger partial charge in [-0.05, 0) is 78.5 Å². The average molecular weight is 600 g/mol. The van der Waals surface area contributed by atoms with E-state index in [1.54, 1.807) is 18.2 Å². The van der Waals surface area contributed by atoms with Crippen molar-refractivity contribution in [3.63, 3.8) is 0 Å². The predicted octanol–water partition coefficient (Wildman–Crippen LogP) is 4.93. The summed E-state index contributed by atoms with van der Waals surface area (Å²) in [7, 11) is -3.92. The number of likely N-dealkylation sites (tertiary alicyclic amines) is 1. The van der Waals surface area contributed by atoms with Crippen LogP contribution in [-0.2, 0) is 27.9 Å². The molecule has 0 atom stereocenters. The fourth-order valence-electron chi connectivity index (χ4n) is 4.13. The SMILES string of the molecule is O=C(O)C(F)(F)F.O=S(=O)(NCCN1CCCC1)c1ccc(-c2cccc(CNCc3ccc(F)cc3)c2)cc1F. The molecule has 0 spiro atoms. The Balaban J connectivity index is 0.000000587. The van der Waals surface area contributed by atoms with Crippen LogP contribution in [0.15, 0.2) is 71.6 Å². The van der Waals surface area contributed by atoms with E-state index in [0.717, 1.165) is 42.6 Å². The second-order valence-electron chi connectivity index (χ2n) is 9.33. The molecule has 1 aliphatic rings. The number of nitrogens with one attached hydrogen (secondary N) is 2. The molecular formula is C28H30F5N3O4S. The van der Waals surface area contributed by atoms with Gasteiger partial charge in [0.05, 0.1) is 0 Å². The fourth-order valence-corrected chi connectivity index (χ4v) is 5.21. The maximum Gasteiger partial charge on any atom is 0.490 e. The van der Waals surface area contributed by atoms with E-state index in [1.165, 1.54) is 24.3 Å². The van der Waals surface area contributed by atoms with E-state index in [1.807, 2.05) is 24.3 Å². The van der Waals surface area contributed by atoms with Gasteiger partial charge in [0.2, 0.25) is 10.0 Å². The van der Waals surface area contributed by atoms with Gasteiger partial charge in [0.1, 0.15) is 16.5 Å². The third kappa shape index (κ3) is 10.2. The summed E-state index contributed by atoms with van der Waals surface area (Å²) in [4.78, 5) is 10.8. The van der Waals surface area contributed by atoms with Crippen molar-refractivity contribution < 1.29 is 40.3 Å². The molecule has 0 saturated carbocycles. The number of carboxylic acids is 1. The van der Waals surface area contributed by atoms with E-state index in [9.17, 15) is 30.4 Å². The summed E-state index contributed by atoms with van der Waals surface area (Å²) in [5, 5.41) is 10.4. The number of sulfonamides is 1. The van der Waals surface area contributed by atoms with Gasteiger partial charge in [0.15, 0.2) is 0 Å². The van der Waals surface area contributed by atoms with E-state index in [0.29, 0.717) is 25.2 Å². The maximum absolute atomic E-state index is 14.8. The number of alkyl halides is 3. The topological polar surface area (TPSA) is 98.7 Å². The molecule has 0 aromatic heterocycles. The maximum atomic E-state index is 14.8. The Morgan fingerprint density at radius 3 is 2.10 bits per heavy atom. The van der Waals surface area contributed by atoms with Gasteiger partial charge in [-0.15, -0.1) is 0 Å². The summed E-state index contributed by atoms with van der Waals surface area (Å²) in [5.74, 6) is -3.79. The normalized spacial score (nSPS) is 14.0. The third-order valence-electron chi connectivity index (χ3n) is 6.21. The van der Waals surface area contributed by atoms with E-state index in [2.05, 4.69) is 14.9 Å². The Morgan fingerprint density at radius 2 is 1.49 bits per heavy atom. The molecule has 0 radical (unpaired) electrons. The zero-order chi connectivity index (χ0) is 30.0. The number of nitrogens with zero attached hydrogens (tertiary/aromatic N) is 1. The molecule has 3 aromatic carbocycles. The molecular weight excluding hydrogens is 569 g/mol. The summed E-state index contributed by atoms with van der Waals surface area (Å²) in [6.45, 7) is 4.02. The highest BCUT2D eigenvalue weighted by Gasteiger charge is 2.38. The average Bonchev–Trinajstić information content (AvgIpc) is 3.43. The second kappa shape index (κ2) is 14.5. The molecule has 3 N–H and O–H groups in total. The number of rotatable bonds is 10. The van der Waals surface area contributed by atoms with Crippen molar-refractivity contribution in [3.8, 4) is 11.1 Å². The summed E-state index contributed by atoms with van der Waals surface area (Å²) in [5.41, 5.74) is 3.38. The highest BCUT2D eigenvalue weighted by atomic mass is 32.2. The van der Waals surface area contributed by atoms with Crippen LogP contribution in [0, 0.1) is 11.6 Å². The first-order chi connectivity index (χ1) is 19.3. The molecule has 1 heterocycles. The molecule has 1 fully saturated rings. The standard InChI is InChI=1S/C26H29F2N3O2S.C2HF3O2/c27-24-9-6-20(7-10-24)18-29-19-21-4-3-5-22(16-21)23-8-11-26(25(28)17-23)34(32,33)30-12-15-31-13-1-2-14-31;3-2(4,5)1(6)7/h3-11,16-17,29-30H,1-2,12-15,18-19H2;(H,6,7). The van der Waals surface area contributed by atoms with Crippen molar-refractivity contribution in [2.24, 2.45) is 0 Å². The summed E-state index contributed by atoms with van der Waals surface area (Å²) in [6, 6.07) is 18.2. The van der Waals surface area contributed by atoms with Crippen LogP contribution in [0.25, 0.3) is 11.1 Å². The lowest BCUT2D eigenvalue weighted by Crippen LogP contribution is -2.33. The number of halogens is 5. The lowest BCUT2D eigenvalue weighted by molar-refractivity contribution is -0.192. The molecule has 1 aliphatic heterocycles. The minimum atomic E-state index is -5.08. The Labute approximate surface area is 235 Å². The number of hydrogen-bond acceptors (Lipinski definition) is 5. The molecule has 222 valence electrons. The number of carboxylic acid groups (broad SMARTS) is 1. The van der Waals surface area contributed by atoms with Crippen molar-refractivity contribution in [1.29, 1.82) is 0 Å². The Bertz CT molecular complexity index is 1410. The van der Waals surface area contributed by atoms with E-state index >= 15 is 0 Å². The first-order valence-corrected chi connectivity index (χ1v) is 14.2. The number of carbonyl (C=O) groups is 1. The van der Waals surface area contributed by atoms with Crippen molar-refractivity contribution in [2.45, 2.75) is 37.0 Å². The van der Waals surface area contributed by atoms with Crippen LogP contribution in [0.2, 0.25) is 0 Å². The Morgan fingerprint density at radius 1 is 0.878 bits per heavy atom. The van der Waals surface area contributed by atoms with Crippen LogP contribution in [-0.4, -0.2) is 56.7 Å². The quantitative estimate of drug-likeness (QED) is 0.286. The molecule has 1 saturated heterocycles. The van der Waals surface area contributed by atoms with Gasteiger partial charge >= 0.3 is 12.1 Å². The largest absolute Gasteiger partial charge is 0.490 e. The van der Waals surface area contributed by atoms with Crippen LogP contribution in [0.3, 0.4) is 0 Å². The summed E-state index contributed by atoms with van der Waals surface area (Å²) >= 11 is 0.